The summed E-state index contributed by atoms with van der Waals surface area (Å²) >= 11 is 0. The molecule has 0 spiro atoms. The van der Waals surface area contributed by atoms with Crippen molar-refractivity contribution >= 4 is 0 Å². The van der Waals surface area contributed by atoms with Crippen LogP contribution in [0.4, 0.5) is 0 Å². The lowest BCUT2D eigenvalue weighted by Gasteiger charge is -2.27. The molecule has 1 aromatic heterocycles. The van der Waals surface area contributed by atoms with Gasteiger partial charge in [0.2, 0.25) is 0 Å². The van der Waals surface area contributed by atoms with Gasteiger partial charge in [0.15, 0.2) is 0 Å². The van der Waals surface area contributed by atoms with E-state index in [1.165, 1.54) is 36.1 Å². The first kappa shape index (κ1) is 13.4. The molecule has 106 valence electrons. The molecule has 1 aliphatic rings. The van der Waals surface area contributed by atoms with Crippen molar-refractivity contribution in [3.8, 4) is 0 Å². The first-order valence-corrected chi connectivity index (χ1v) is 7.48. The number of aromatic nitrogens is 2. The second-order valence-corrected chi connectivity index (χ2v) is 5.80. The standard InChI is InChI=1S/C17H23N3/c1-12-11-13(2)20(19-12)16-10-6-8-14-7-4-5-9-15(14)17(16)18-3/h4-5,7,9,11,16-18H,6,8,10H2,1-3H3. The van der Waals surface area contributed by atoms with Crippen LogP contribution in [0.2, 0.25) is 0 Å². The molecule has 0 bridgehead atoms. The normalized spacial score (nSPS) is 22.4. The smallest absolute Gasteiger partial charge is 0.0717 e. The SMILES string of the molecule is CNC1c2ccccc2CCCC1n1nc(C)cc1C. The number of nitrogens with zero attached hydrogens (tertiary/aromatic N) is 2. The zero-order valence-corrected chi connectivity index (χ0v) is 12.6. The van der Waals surface area contributed by atoms with Crippen molar-refractivity contribution in [2.24, 2.45) is 0 Å². The van der Waals surface area contributed by atoms with Crippen molar-refractivity contribution in [2.45, 2.75) is 45.2 Å². The number of nitrogens with one attached hydrogen (secondary N) is 1. The summed E-state index contributed by atoms with van der Waals surface area (Å²) in [7, 11) is 2.06. The number of fused-ring (bicyclic) bond motifs is 1. The summed E-state index contributed by atoms with van der Waals surface area (Å²) in [5, 5.41) is 8.25. The minimum atomic E-state index is 0.340. The number of benzene rings is 1. The summed E-state index contributed by atoms with van der Waals surface area (Å²) in [6, 6.07) is 11.7. The lowest BCUT2D eigenvalue weighted by molar-refractivity contribution is 0.323. The van der Waals surface area contributed by atoms with Gasteiger partial charge in [0.05, 0.1) is 17.8 Å². The average Bonchev–Trinajstić information content (AvgIpc) is 2.68. The maximum atomic E-state index is 4.72. The van der Waals surface area contributed by atoms with Gasteiger partial charge in [-0.1, -0.05) is 24.3 Å². The molecule has 3 nitrogen and oxygen atoms in total. The fourth-order valence-electron chi connectivity index (χ4n) is 3.53. The van der Waals surface area contributed by atoms with Gasteiger partial charge in [0, 0.05) is 5.69 Å². The first-order valence-electron chi connectivity index (χ1n) is 7.48. The largest absolute Gasteiger partial charge is 0.311 e. The van der Waals surface area contributed by atoms with Crippen LogP contribution in [0.3, 0.4) is 0 Å². The van der Waals surface area contributed by atoms with Crippen LogP contribution in [-0.2, 0) is 6.42 Å². The van der Waals surface area contributed by atoms with Gasteiger partial charge in [-0.2, -0.15) is 5.10 Å². The van der Waals surface area contributed by atoms with Crippen LogP contribution in [-0.4, -0.2) is 16.8 Å². The Morgan fingerprint density at radius 3 is 2.75 bits per heavy atom. The van der Waals surface area contributed by atoms with Gasteiger partial charge in [-0.25, -0.2) is 0 Å². The van der Waals surface area contributed by atoms with Crippen LogP contribution in [0.25, 0.3) is 0 Å². The molecule has 0 amide bonds. The van der Waals surface area contributed by atoms with E-state index in [1.807, 2.05) is 0 Å². The molecular formula is C17H23N3. The van der Waals surface area contributed by atoms with E-state index in [0.717, 1.165) is 5.69 Å². The summed E-state index contributed by atoms with van der Waals surface area (Å²) in [6.45, 7) is 4.23. The van der Waals surface area contributed by atoms with Crippen molar-refractivity contribution in [3.63, 3.8) is 0 Å². The van der Waals surface area contributed by atoms with E-state index >= 15 is 0 Å². The molecule has 1 heterocycles. The van der Waals surface area contributed by atoms with Gasteiger partial charge in [-0.3, -0.25) is 4.68 Å². The van der Waals surface area contributed by atoms with Crippen molar-refractivity contribution < 1.29 is 0 Å². The van der Waals surface area contributed by atoms with Gasteiger partial charge >= 0.3 is 0 Å². The Labute approximate surface area is 121 Å². The van der Waals surface area contributed by atoms with E-state index in [1.54, 1.807) is 0 Å². The van der Waals surface area contributed by atoms with Crippen molar-refractivity contribution in [1.82, 2.24) is 15.1 Å². The van der Waals surface area contributed by atoms with Crippen LogP contribution in [0.5, 0.6) is 0 Å². The molecule has 2 unspecified atom stereocenters. The van der Waals surface area contributed by atoms with Crippen LogP contribution in [0.1, 0.15) is 47.4 Å². The molecule has 20 heavy (non-hydrogen) atoms. The highest BCUT2D eigenvalue weighted by Gasteiger charge is 2.29. The van der Waals surface area contributed by atoms with Crippen LogP contribution in [0, 0.1) is 13.8 Å². The average molecular weight is 269 g/mol. The van der Waals surface area contributed by atoms with E-state index in [4.69, 9.17) is 5.10 Å². The highest BCUT2D eigenvalue weighted by atomic mass is 15.3. The Morgan fingerprint density at radius 1 is 1.25 bits per heavy atom. The van der Waals surface area contributed by atoms with Crippen molar-refractivity contribution in [2.75, 3.05) is 7.05 Å². The molecule has 1 N–H and O–H groups in total. The molecule has 3 rings (SSSR count). The third kappa shape index (κ3) is 2.27. The van der Waals surface area contributed by atoms with Gasteiger partial charge in [-0.05, 0) is 57.4 Å². The Morgan fingerprint density at radius 2 is 2.05 bits per heavy atom. The number of hydrogen-bond acceptors (Lipinski definition) is 2. The minimum Gasteiger partial charge on any atom is -0.311 e. The molecule has 0 fully saturated rings. The Bertz CT molecular complexity index is 600. The minimum absolute atomic E-state index is 0.340. The molecular weight excluding hydrogens is 246 g/mol. The summed E-state index contributed by atoms with van der Waals surface area (Å²) < 4.78 is 2.22. The number of hydrogen-bond donors (Lipinski definition) is 1. The molecule has 1 aromatic carbocycles. The van der Waals surface area contributed by atoms with E-state index in [9.17, 15) is 0 Å². The molecule has 2 aromatic rings. The third-order valence-electron chi connectivity index (χ3n) is 4.39. The maximum absolute atomic E-state index is 4.72. The predicted molar refractivity (Wildman–Crippen MR) is 81.9 cm³/mol. The second kappa shape index (κ2) is 5.41. The molecule has 1 aliphatic carbocycles. The number of rotatable bonds is 2. The Balaban J connectivity index is 2.05. The lowest BCUT2D eigenvalue weighted by Crippen LogP contribution is -2.28. The zero-order valence-electron chi connectivity index (χ0n) is 12.6. The summed E-state index contributed by atoms with van der Waals surface area (Å²) in [5.74, 6) is 0. The Hall–Kier alpha value is -1.61. The molecule has 2 atom stereocenters. The van der Waals surface area contributed by atoms with E-state index in [0.29, 0.717) is 12.1 Å². The lowest BCUT2D eigenvalue weighted by atomic mass is 9.96. The fraction of sp³-hybridized carbons (Fsp3) is 0.471. The molecule has 3 heteroatoms. The van der Waals surface area contributed by atoms with Crippen LogP contribution in [0.15, 0.2) is 30.3 Å². The van der Waals surface area contributed by atoms with E-state index < -0.39 is 0 Å². The topological polar surface area (TPSA) is 29.9 Å². The molecule has 0 saturated carbocycles. The maximum Gasteiger partial charge on any atom is 0.0717 e. The quantitative estimate of drug-likeness (QED) is 0.847. The summed E-state index contributed by atoms with van der Waals surface area (Å²) in [4.78, 5) is 0. The van der Waals surface area contributed by atoms with Crippen LogP contribution >= 0.6 is 0 Å². The highest BCUT2D eigenvalue weighted by molar-refractivity contribution is 5.32. The predicted octanol–water partition coefficient (Wildman–Crippen LogP) is 3.34. The van der Waals surface area contributed by atoms with Crippen molar-refractivity contribution in [1.29, 1.82) is 0 Å². The van der Waals surface area contributed by atoms with Gasteiger partial charge in [-0.15, -0.1) is 0 Å². The van der Waals surface area contributed by atoms with Crippen LogP contribution < -0.4 is 5.32 Å². The highest BCUT2D eigenvalue weighted by Crippen LogP contribution is 2.36. The second-order valence-electron chi connectivity index (χ2n) is 5.80. The fourth-order valence-corrected chi connectivity index (χ4v) is 3.53. The third-order valence-corrected chi connectivity index (χ3v) is 4.39. The number of aryl methyl sites for hydroxylation is 3. The zero-order chi connectivity index (χ0) is 14.1. The van der Waals surface area contributed by atoms with Gasteiger partial charge in [0.25, 0.3) is 0 Å². The summed E-state index contributed by atoms with van der Waals surface area (Å²) in [6.07, 6.45) is 3.56. The van der Waals surface area contributed by atoms with Gasteiger partial charge in [0.1, 0.15) is 0 Å². The van der Waals surface area contributed by atoms with Gasteiger partial charge < -0.3 is 5.32 Å². The van der Waals surface area contributed by atoms with Crippen molar-refractivity contribution in [3.05, 3.63) is 52.8 Å². The molecule has 0 radical (unpaired) electrons. The first-order chi connectivity index (χ1) is 9.70. The molecule has 0 saturated heterocycles. The van der Waals surface area contributed by atoms with E-state index in [-0.39, 0.29) is 0 Å². The summed E-state index contributed by atoms with van der Waals surface area (Å²) in [5.41, 5.74) is 5.28. The number of likely N-dealkylation sites (N-methyl/N-ethyl adjacent to an activating group) is 1. The Kier molecular flexibility index (Phi) is 3.62. The monoisotopic (exact) mass is 269 g/mol. The van der Waals surface area contributed by atoms with E-state index in [2.05, 4.69) is 61.2 Å². The molecule has 0 aliphatic heterocycles.